The van der Waals surface area contributed by atoms with Crippen molar-refractivity contribution in [3.05, 3.63) is 29.8 Å². The Morgan fingerprint density at radius 1 is 1.07 bits per heavy atom. The summed E-state index contributed by atoms with van der Waals surface area (Å²) in [6.07, 6.45) is 1.65. The van der Waals surface area contributed by atoms with Crippen LogP contribution in [-0.4, -0.2) is 65.6 Å². The van der Waals surface area contributed by atoms with Gasteiger partial charge in [0.1, 0.15) is 11.8 Å². The van der Waals surface area contributed by atoms with Gasteiger partial charge >= 0.3 is 5.97 Å². The minimum atomic E-state index is -1.22. The second-order valence-electron chi connectivity index (χ2n) is 6.47. The van der Waals surface area contributed by atoms with Gasteiger partial charge in [0, 0.05) is 6.42 Å². The molecule has 0 aromatic heterocycles. The highest BCUT2D eigenvalue weighted by Crippen LogP contribution is 2.11. The third-order valence-corrected chi connectivity index (χ3v) is 4.26. The minimum Gasteiger partial charge on any atom is -0.508 e. The van der Waals surface area contributed by atoms with Crippen molar-refractivity contribution in [2.45, 2.75) is 31.3 Å². The number of phenols is 1. The standard InChI is InChI=1S/C18H24N4O6/c23-12-5-3-11(4-6-12)8-14(18(27)28)22-16(25)10-20-15(24)9-21-17(26)13-2-1-7-19-13/h3-6,13-14,19,23H,1-2,7-10H2,(H,20,24)(H,21,26)(H,22,25)(H,27,28). The maximum absolute atomic E-state index is 11.9. The molecule has 0 aliphatic carbocycles. The molecule has 2 unspecified atom stereocenters. The smallest absolute Gasteiger partial charge is 0.326 e. The second kappa shape index (κ2) is 10.3. The van der Waals surface area contributed by atoms with Gasteiger partial charge < -0.3 is 31.5 Å². The molecule has 10 heteroatoms. The van der Waals surface area contributed by atoms with Crippen molar-refractivity contribution in [1.82, 2.24) is 21.3 Å². The van der Waals surface area contributed by atoms with Crippen molar-refractivity contribution in [3.8, 4) is 5.75 Å². The molecule has 3 amide bonds. The van der Waals surface area contributed by atoms with E-state index in [-0.39, 0.29) is 30.7 Å². The molecule has 1 aliphatic heterocycles. The molecular weight excluding hydrogens is 368 g/mol. The van der Waals surface area contributed by atoms with Crippen molar-refractivity contribution in [2.75, 3.05) is 19.6 Å². The first-order valence-corrected chi connectivity index (χ1v) is 8.93. The fourth-order valence-electron chi connectivity index (χ4n) is 2.75. The molecule has 1 saturated heterocycles. The Bertz CT molecular complexity index is 715. The number of benzene rings is 1. The quantitative estimate of drug-likeness (QED) is 0.298. The lowest BCUT2D eigenvalue weighted by Gasteiger charge is -2.15. The summed E-state index contributed by atoms with van der Waals surface area (Å²) in [7, 11) is 0. The number of carbonyl (C=O) groups excluding carboxylic acids is 3. The predicted octanol–water partition coefficient (Wildman–Crippen LogP) is -1.51. The van der Waals surface area contributed by atoms with Crippen LogP contribution in [-0.2, 0) is 25.6 Å². The Labute approximate surface area is 161 Å². The molecule has 1 heterocycles. The van der Waals surface area contributed by atoms with Gasteiger partial charge in [-0.3, -0.25) is 14.4 Å². The highest BCUT2D eigenvalue weighted by Gasteiger charge is 2.23. The third-order valence-electron chi connectivity index (χ3n) is 4.26. The maximum atomic E-state index is 11.9. The van der Waals surface area contributed by atoms with Gasteiger partial charge in [-0.05, 0) is 37.1 Å². The van der Waals surface area contributed by atoms with Gasteiger partial charge in [0.25, 0.3) is 0 Å². The molecule has 6 N–H and O–H groups in total. The number of carboxylic acids is 1. The number of carboxylic acid groups (broad SMARTS) is 1. The number of hydrogen-bond donors (Lipinski definition) is 6. The average molecular weight is 392 g/mol. The van der Waals surface area contributed by atoms with Gasteiger partial charge in [0.2, 0.25) is 17.7 Å². The van der Waals surface area contributed by atoms with Crippen LogP contribution < -0.4 is 21.3 Å². The van der Waals surface area contributed by atoms with Crippen molar-refractivity contribution < 1.29 is 29.4 Å². The average Bonchev–Trinajstić information content (AvgIpc) is 3.20. The fourth-order valence-corrected chi connectivity index (χ4v) is 2.75. The highest BCUT2D eigenvalue weighted by atomic mass is 16.4. The number of hydrogen-bond acceptors (Lipinski definition) is 6. The van der Waals surface area contributed by atoms with E-state index in [0.29, 0.717) is 12.0 Å². The van der Waals surface area contributed by atoms with E-state index in [4.69, 9.17) is 0 Å². The third kappa shape index (κ3) is 6.88. The number of nitrogens with one attached hydrogen (secondary N) is 4. The topological polar surface area (TPSA) is 157 Å². The zero-order chi connectivity index (χ0) is 20.5. The van der Waals surface area contributed by atoms with E-state index in [1.165, 1.54) is 12.1 Å². The van der Waals surface area contributed by atoms with Crippen LogP contribution in [0.1, 0.15) is 18.4 Å². The molecule has 1 fully saturated rings. The molecule has 0 radical (unpaired) electrons. The number of aliphatic carboxylic acids is 1. The maximum Gasteiger partial charge on any atom is 0.326 e. The molecule has 0 bridgehead atoms. The zero-order valence-electron chi connectivity index (χ0n) is 15.2. The van der Waals surface area contributed by atoms with E-state index in [1.807, 2.05) is 0 Å². The Kier molecular flexibility index (Phi) is 7.76. The summed E-state index contributed by atoms with van der Waals surface area (Å²) in [6, 6.07) is 4.48. The van der Waals surface area contributed by atoms with Gasteiger partial charge in [-0.1, -0.05) is 12.1 Å². The summed E-state index contributed by atoms with van der Waals surface area (Å²) >= 11 is 0. The summed E-state index contributed by atoms with van der Waals surface area (Å²) in [5, 5.41) is 28.7. The lowest BCUT2D eigenvalue weighted by atomic mass is 10.1. The normalized spacial score (nSPS) is 16.8. The molecule has 1 aromatic rings. The number of carbonyl (C=O) groups is 4. The summed E-state index contributed by atoms with van der Waals surface area (Å²) in [6.45, 7) is 0.0925. The molecule has 10 nitrogen and oxygen atoms in total. The summed E-state index contributed by atoms with van der Waals surface area (Å²) in [5.74, 6) is -2.64. The van der Waals surface area contributed by atoms with Crippen LogP contribution in [0.4, 0.5) is 0 Å². The van der Waals surface area contributed by atoms with Crippen molar-refractivity contribution in [1.29, 1.82) is 0 Å². The van der Waals surface area contributed by atoms with Gasteiger partial charge in [0.15, 0.2) is 0 Å². The first-order valence-electron chi connectivity index (χ1n) is 8.93. The lowest BCUT2D eigenvalue weighted by molar-refractivity contribution is -0.141. The summed E-state index contributed by atoms with van der Waals surface area (Å²) in [4.78, 5) is 46.8. The van der Waals surface area contributed by atoms with Gasteiger partial charge in [-0.2, -0.15) is 0 Å². The van der Waals surface area contributed by atoms with E-state index in [1.54, 1.807) is 12.1 Å². The minimum absolute atomic E-state index is 0.0275. The molecule has 1 aromatic carbocycles. The fraction of sp³-hybridized carbons (Fsp3) is 0.444. The van der Waals surface area contributed by atoms with E-state index < -0.39 is 30.4 Å². The molecular formula is C18H24N4O6. The highest BCUT2D eigenvalue weighted by molar-refractivity contribution is 5.90. The van der Waals surface area contributed by atoms with Crippen LogP contribution in [0.15, 0.2) is 24.3 Å². The first kappa shape index (κ1) is 21.2. The van der Waals surface area contributed by atoms with E-state index in [9.17, 15) is 29.4 Å². The van der Waals surface area contributed by atoms with Crippen molar-refractivity contribution in [2.24, 2.45) is 0 Å². The van der Waals surface area contributed by atoms with Crippen LogP contribution in [0, 0.1) is 0 Å². The Morgan fingerprint density at radius 3 is 2.36 bits per heavy atom. The van der Waals surface area contributed by atoms with Crippen LogP contribution in [0.3, 0.4) is 0 Å². The number of amides is 3. The largest absolute Gasteiger partial charge is 0.508 e. The van der Waals surface area contributed by atoms with E-state index in [0.717, 1.165) is 13.0 Å². The van der Waals surface area contributed by atoms with Gasteiger partial charge in [-0.25, -0.2) is 4.79 Å². The van der Waals surface area contributed by atoms with Crippen LogP contribution in [0.2, 0.25) is 0 Å². The van der Waals surface area contributed by atoms with Crippen LogP contribution in [0.25, 0.3) is 0 Å². The van der Waals surface area contributed by atoms with Gasteiger partial charge in [-0.15, -0.1) is 0 Å². The second-order valence-corrected chi connectivity index (χ2v) is 6.47. The molecule has 2 rings (SSSR count). The number of rotatable bonds is 9. The van der Waals surface area contributed by atoms with Gasteiger partial charge in [0.05, 0.1) is 19.1 Å². The number of aromatic hydroxyl groups is 1. The number of phenolic OH excluding ortho intramolecular Hbond substituents is 1. The Balaban J connectivity index is 1.72. The molecule has 152 valence electrons. The summed E-state index contributed by atoms with van der Waals surface area (Å²) in [5.41, 5.74) is 0.623. The molecule has 0 saturated carbocycles. The van der Waals surface area contributed by atoms with E-state index in [2.05, 4.69) is 21.3 Å². The Hall–Kier alpha value is -3.14. The predicted molar refractivity (Wildman–Crippen MR) is 98.4 cm³/mol. The molecule has 28 heavy (non-hydrogen) atoms. The van der Waals surface area contributed by atoms with Crippen LogP contribution in [0.5, 0.6) is 5.75 Å². The first-order chi connectivity index (χ1) is 13.3. The SMILES string of the molecule is O=C(CNC(=O)C1CCCN1)NCC(=O)NC(Cc1ccc(O)cc1)C(=O)O. The summed E-state index contributed by atoms with van der Waals surface area (Å²) < 4.78 is 0. The Morgan fingerprint density at radius 2 is 1.75 bits per heavy atom. The zero-order valence-corrected chi connectivity index (χ0v) is 15.2. The van der Waals surface area contributed by atoms with E-state index >= 15 is 0 Å². The molecule has 0 spiro atoms. The lowest BCUT2D eigenvalue weighted by Crippen LogP contribution is -2.49. The van der Waals surface area contributed by atoms with Crippen molar-refractivity contribution in [3.63, 3.8) is 0 Å². The van der Waals surface area contributed by atoms with Crippen molar-refractivity contribution >= 4 is 23.7 Å². The monoisotopic (exact) mass is 392 g/mol. The molecule has 1 aliphatic rings. The van der Waals surface area contributed by atoms with Crippen LogP contribution >= 0.6 is 0 Å². The molecule has 2 atom stereocenters.